The summed E-state index contributed by atoms with van der Waals surface area (Å²) in [5, 5.41) is 21.6. The molecule has 0 spiro atoms. The quantitative estimate of drug-likeness (QED) is 0.714. The van der Waals surface area contributed by atoms with Crippen LogP contribution in [0.2, 0.25) is 5.15 Å². The third-order valence-electron chi connectivity index (χ3n) is 1.34. The van der Waals surface area contributed by atoms with Gasteiger partial charge >= 0.3 is 0 Å². The highest BCUT2D eigenvalue weighted by atomic mass is 35.5. The Morgan fingerprint density at radius 3 is 2.85 bits per heavy atom. The highest BCUT2D eigenvalue weighted by Crippen LogP contribution is 2.26. The van der Waals surface area contributed by atoms with Crippen LogP contribution in [-0.2, 0) is 6.61 Å². The maximum Gasteiger partial charge on any atom is 0.184 e. The van der Waals surface area contributed by atoms with Crippen LogP contribution in [0.3, 0.4) is 0 Å². The van der Waals surface area contributed by atoms with Crippen LogP contribution < -0.4 is 5.32 Å². The first-order chi connectivity index (χ1) is 6.13. The minimum Gasteiger partial charge on any atom is -0.392 e. The summed E-state index contributed by atoms with van der Waals surface area (Å²) in [6, 6.07) is 0. The Balaban J connectivity index is 2.57. The lowest BCUT2D eigenvalue weighted by molar-refractivity contribution is 0.208. The van der Waals surface area contributed by atoms with Gasteiger partial charge in [-0.2, -0.15) is 0 Å². The second-order valence-electron chi connectivity index (χ2n) is 2.62. The molecule has 0 unspecified atom stereocenters. The molecule has 1 aromatic rings. The first-order valence-corrected chi connectivity index (χ1v) is 5.01. The van der Waals surface area contributed by atoms with Crippen molar-refractivity contribution in [2.75, 3.05) is 11.9 Å². The molecule has 0 bridgehead atoms. The van der Waals surface area contributed by atoms with E-state index in [-0.39, 0.29) is 6.61 Å². The molecule has 74 valence electrons. The zero-order valence-electron chi connectivity index (χ0n) is 7.12. The van der Waals surface area contributed by atoms with Gasteiger partial charge in [0.15, 0.2) is 5.13 Å². The van der Waals surface area contributed by atoms with Crippen molar-refractivity contribution < 1.29 is 10.2 Å². The van der Waals surface area contributed by atoms with E-state index in [9.17, 15) is 0 Å². The molecule has 1 aromatic heterocycles. The summed E-state index contributed by atoms with van der Waals surface area (Å²) in [4.78, 5) is 4.59. The molecule has 0 aromatic carbocycles. The number of hydrogen-bond acceptors (Lipinski definition) is 5. The number of aliphatic hydroxyl groups is 2. The van der Waals surface area contributed by atoms with Crippen molar-refractivity contribution in [2.45, 2.75) is 19.6 Å². The van der Waals surface area contributed by atoms with Crippen molar-refractivity contribution >= 4 is 28.1 Å². The first-order valence-electron chi connectivity index (χ1n) is 3.81. The van der Waals surface area contributed by atoms with Crippen molar-refractivity contribution in [1.82, 2.24) is 4.98 Å². The predicted molar refractivity (Wildman–Crippen MR) is 53.2 cm³/mol. The number of anilines is 1. The summed E-state index contributed by atoms with van der Waals surface area (Å²) in [7, 11) is 0. The molecule has 0 saturated carbocycles. The fourth-order valence-corrected chi connectivity index (χ4v) is 1.77. The van der Waals surface area contributed by atoms with Crippen LogP contribution in [0.1, 0.15) is 11.8 Å². The Hall–Kier alpha value is -0.360. The molecular weight excluding hydrogens is 212 g/mol. The number of thiazole rings is 1. The molecule has 1 atom stereocenters. The van der Waals surface area contributed by atoms with E-state index in [2.05, 4.69) is 10.3 Å². The van der Waals surface area contributed by atoms with Crippen LogP contribution in [0.15, 0.2) is 0 Å². The molecular formula is C7H11ClN2O2S. The Bertz CT molecular complexity index is 277. The summed E-state index contributed by atoms with van der Waals surface area (Å²) in [5.74, 6) is 0. The van der Waals surface area contributed by atoms with Gasteiger partial charge in [-0.15, -0.1) is 0 Å². The number of aromatic nitrogens is 1. The fraction of sp³-hybridized carbons (Fsp3) is 0.571. The number of hydrogen-bond donors (Lipinski definition) is 3. The van der Waals surface area contributed by atoms with Crippen molar-refractivity contribution in [1.29, 1.82) is 0 Å². The van der Waals surface area contributed by atoms with E-state index in [1.807, 2.05) is 0 Å². The van der Waals surface area contributed by atoms with Gasteiger partial charge in [-0.3, -0.25) is 0 Å². The molecule has 0 radical (unpaired) electrons. The highest BCUT2D eigenvalue weighted by Gasteiger charge is 2.07. The minimum absolute atomic E-state index is 0.104. The Labute approximate surface area is 85.2 Å². The van der Waals surface area contributed by atoms with Crippen molar-refractivity contribution in [3.8, 4) is 0 Å². The van der Waals surface area contributed by atoms with Crippen LogP contribution in [0, 0.1) is 0 Å². The zero-order valence-corrected chi connectivity index (χ0v) is 8.69. The van der Waals surface area contributed by atoms with Gasteiger partial charge in [0, 0.05) is 6.54 Å². The summed E-state index contributed by atoms with van der Waals surface area (Å²) in [6.45, 7) is 2.00. The van der Waals surface area contributed by atoms with Gasteiger partial charge in [-0.1, -0.05) is 22.9 Å². The predicted octanol–water partition coefficient (Wildman–Crippen LogP) is 1.08. The lowest BCUT2D eigenvalue weighted by Crippen LogP contribution is -2.14. The van der Waals surface area contributed by atoms with Crippen LogP contribution >= 0.6 is 22.9 Å². The molecule has 0 aliphatic carbocycles. The summed E-state index contributed by atoms with van der Waals surface area (Å²) in [6.07, 6.45) is -0.430. The molecule has 0 fully saturated rings. The largest absolute Gasteiger partial charge is 0.392 e. The molecule has 1 heterocycles. The van der Waals surface area contributed by atoms with Crippen molar-refractivity contribution in [3.05, 3.63) is 10.0 Å². The molecule has 0 saturated heterocycles. The van der Waals surface area contributed by atoms with Gasteiger partial charge in [0.25, 0.3) is 0 Å². The van der Waals surface area contributed by atoms with Crippen molar-refractivity contribution in [2.24, 2.45) is 0 Å². The standard InChI is InChI=1S/C7H11ClN2O2S/c1-4(12)2-9-7-10-6(8)5(3-11)13-7/h4,11-12H,2-3H2,1H3,(H,9,10)/t4-/m1/s1. The highest BCUT2D eigenvalue weighted by molar-refractivity contribution is 7.16. The average Bonchev–Trinajstić information content (AvgIpc) is 2.43. The molecule has 0 amide bonds. The van der Waals surface area contributed by atoms with E-state index in [0.717, 1.165) is 0 Å². The van der Waals surface area contributed by atoms with Gasteiger partial charge in [0.05, 0.1) is 17.6 Å². The lowest BCUT2D eigenvalue weighted by atomic mass is 10.4. The van der Waals surface area contributed by atoms with Crippen LogP contribution in [0.25, 0.3) is 0 Å². The fourth-order valence-electron chi connectivity index (χ4n) is 0.741. The maximum absolute atomic E-state index is 8.98. The number of halogens is 1. The van der Waals surface area contributed by atoms with E-state index in [1.165, 1.54) is 11.3 Å². The van der Waals surface area contributed by atoms with E-state index < -0.39 is 6.10 Å². The lowest BCUT2D eigenvalue weighted by Gasteiger charge is -2.03. The van der Waals surface area contributed by atoms with Crippen LogP contribution in [-0.4, -0.2) is 27.8 Å². The number of rotatable bonds is 4. The molecule has 3 N–H and O–H groups in total. The van der Waals surface area contributed by atoms with E-state index in [1.54, 1.807) is 6.92 Å². The van der Waals surface area contributed by atoms with Crippen LogP contribution in [0.4, 0.5) is 5.13 Å². The van der Waals surface area contributed by atoms with Crippen LogP contribution in [0.5, 0.6) is 0 Å². The third kappa shape index (κ3) is 3.11. The third-order valence-corrected chi connectivity index (χ3v) is 2.76. The Morgan fingerprint density at radius 1 is 1.69 bits per heavy atom. The molecule has 1 rings (SSSR count). The summed E-state index contributed by atoms with van der Waals surface area (Å²) < 4.78 is 0. The van der Waals surface area contributed by atoms with E-state index in [0.29, 0.717) is 21.7 Å². The molecule has 0 aliphatic rings. The van der Waals surface area contributed by atoms with E-state index in [4.69, 9.17) is 21.8 Å². The van der Waals surface area contributed by atoms with Gasteiger partial charge < -0.3 is 15.5 Å². The number of aliphatic hydroxyl groups excluding tert-OH is 2. The minimum atomic E-state index is -0.430. The van der Waals surface area contributed by atoms with Gasteiger partial charge in [-0.05, 0) is 6.92 Å². The van der Waals surface area contributed by atoms with Gasteiger partial charge in [-0.25, -0.2) is 4.98 Å². The molecule has 4 nitrogen and oxygen atoms in total. The van der Waals surface area contributed by atoms with Gasteiger partial charge in [0.1, 0.15) is 5.15 Å². The van der Waals surface area contributed by atoms with Gasteiger partial charge in [0.2, 0.25) is 0 Å². The topological polar surface area (TPSA) is 65.4 Å². The zero-order chi connectivity index (χ0) is 9.84. The second-order valence-corrected chi connectivity index (χ2v) is 4.06. The summed E-state index contributed by atoms with van der Waals surface area (Å²) >= 11 is 6.98. The van der Waals surface area contributed by atoms with Crippen molar-refractivity contribution in [3.63, 3.8) is 0 Å². The van der Waals surface area contributed by atoms with E-state index >= 15 is 0 Å². The first kappa shape index (κ1) is 10.7. The molecule has 13 heavy (non-hydrogen) atoms. The Kier molecular flexibility index (Phi) is 3.92. The molecule has 6 heteroatoms. The Morgan fingerprint density at radius 2 is 2.38 bits per heavy atom. The average molecular weight is 223 g/mol. The second kappa shape index (κ2) is 4.76. The summed E-state index contributed by atoms with van der Waals surface area (Å²) in [5.41, 5.74) is 0. The normalized spacial score (nSPS) is 12.9. The monoisotopic (exact) mass is 222 g/mol. The number of nitrogens with zero attached hydrogens (tertiary/aromatic N) is 1. The SMILES string of the molecule is C[C@@H](O)CNc1nc(Cl)c(CO)s1. The smallest absolute Gasteiger partial charge is 0.184 e. The molecule has 0 aliphatic heterocycles. The maximum atomic E-state index is 8.98. The number of nitrogens with one attached hydrogen (secondary N) is 1.